The molecule has 0 aliphatic carbocycles. The number of nitrogens with one attached hydrogen (secondary N) is 1. The third-order valence-electron chi connectivity index (χ3n) is 4.00. The molecule has 1 N–H and O–H groups in total. The van der Waals surface area contributed by atoms with E-state index < -0.39 is 0 Å². The van der Waals surface area contributed by atoms with Gasteiger partial charge in [0.15, 0.2) is 0 Å². The lowest BCUT2D eigenvalue weighted by Gasteiger charge is -2.24. The van der Waals surface area contributed by atoms with E-state index >= 15 is 0 Å². The first-order valence-electron chi connectivity index (χ1n) is 7.38. The Morgan fingerprint density at radius 2 is 1.77 bits per heavy atom. The zero-order chi connectivity index (χ0) is 15.5. The van der Waals surface area contributed by atoms with E-state index in [9.17, 15) is 4.79 Å². The predicted octanol–water partition coefficient (Wildman–Crippen LogP) is 3.12. The van der Waals surface area contributed by atoms with Crippen molar-refractivity contribution in [3.63, 3.8) is 0 Å². The third kappa shape index (κ3) is 2.92. The van der Waals surface area contributed by atoms with E-state index in [2.05, 4.69) is 33.9 Å². The Hall–Kier alpha value is -2.46. The molecule has 0 aliphatic rings. The fraction of sp³-hybridized carbons (Fsp3) is 0.222. The minimum absolute atomic E-state index is 0.0821. The summed E-state index contributed by atoms with van der Waals surface area (Å²) in [6.07, 6.45) is 0. The first-order valence-corrected chi connectivity index (χ1v) is 7.38. The van der Waals surface area contributed by atoms with Crippen LogP contribution in [0.15, 0.2) is 59.4 Å². The van der Waals surface area contributed by atoms with Gasteiger partial charge in [0.05, 0.1) is 17.4 Å². The van der Waals surface area contributed by atoms with Gasteiger partial charge in [-0.05, 0) is 31.7 Å². The van der Waals surface area contributed by atoms with Crippen LogP contribution in [0.25, 0.3) is 10.9 Å². The van der Waals surface area contributed by atoms with E-state index in [1.165, 1.54) is 5.56 Å². The molecular weight excluding hydrogens is 274 g/mol. The van der Waals surface area contributed by atoms with Crippen LogP contribution in [0.5, 0.6) is 0 Å². The molecule has 112 valence electrons. The molecule has 1 unspecified atom stereocenters. The summed E-state index contributed by atoms with van der Waals surface area (Å²) < 4.78 is 0. The molecule has 1 heterocycles. The van der Waals surface area contributed by atoms with Gasteiger partial charge in [0.25, 0.3) is 5.56 Å². The van der Waals surface area contributed by atoms with Crippen LogP contribution in [0, 0.1) is 0 Å². The normalized spacial score (nSPS) is 12.7. The molecule has 0 amide bonds. The number of aromatic nitrogens is 2. The topological polar surface area (TPSA) is 49.0 Å². The molecule has 0 bridgehead atoms. The first-order chi connectivity index (χ1) is 10.6. The van der Waals surface area contributed by atoms with E-state index in [0.717, 1.165) is 5.52 Å². The fourth-order valence-electron chi connectivity index (χ4n) is 2.57. The molecule has 1 aromatic heterocycles. The number of hydrogen-bond acceptors (Lipinski definition) is 3. The third-order valence-corrected chi connectivity index (χ3v) is 4.00. The van der Waals surface area contributed by atoms with E-state index in [-0.39, 0.29) is 11.6 Å². The second kappa shape index (κ2) is 6.12. The van der Waals surface area contributed by atoms with Gasteiger partial charge in [0.2, 0.25) is 0 Å². The van der Waals surface area contributed by atoms with Crippen LogP contribution >= 0.6 is 0 Å². The Morgan fingerprint density at radius 3 is 2.55 bits per heavy atom. The van der Waals surface area contributed by atoms with Crippen LogP contribution in [-0.4, -0.2) is 21.9 Å². The number of fused-ring (bicyclic) bond motifs is 1. The van der Waals surface area contributed by atoms with Crippen LogP contribution in [0.2, 0.25) is 0 Å². The van der Waals surface area contributed by atoms with Crippen LogP contribution in [-0.2, 0) is 6.54 Å². The second-order valence-electron chi connectivity index (χ2n) is 5.53. The minimum Gasteiger partial charge on any atom is -0.309 e. The van der Waals surface area contributed by atoms with Crippen molar-refractivity contribution in [2.24, 2.45) is 0 Å². The highest BCUT2D eigenvalue weighted by molar-refractivity contribution is 5.77. The largest absolute Gasteiger partial charge is 0.309 e. The Balaban J connectivity index is 1.85. The molecule has 4 nitrogen and oxygen atoms in total. The summed E-state index contributed by atoms with van der Waals surface area (Å²) >= 11 is 0. The average molecular weight is 293 g/mol. The number of H-pyrrole nitrogens is 1. The van der Waals surface area contributed by atoms with Crippen LogP contribution < -0.4 is 5.56 Å². The first kappa shape index (κ1) is 14.5. The monoisotopic (exact) mass is 293 g/mol. The number of aromatic amines is 1. The van der Waals surface area contributed by atoms with Crippen molar-refractivity contribution < 1.29 is 0 Å². The fourth-order valence-corrected chi connectivity index (χ4v) is 2.57. The minimum atomic E-state index is -0.0821. The molecule has 2 aromatic carbocycles. The molecule has 22 heavy (non-hydrogen) atoms. The van der Waals surface area contributed by atoms with Gasteiger partial charge in [-0.1, -0.05) is 42.5 Å². The summed E-state index contributed by atoms with van der Waals surface area (Å²) in [7, 11) is 2.03. The Morgan fingerprint density at radius 1 is 1.09 bits per heavy atom. The highest BCUT2D eigenvalue weighted by Crippen LogP contribution is 2.19. The van der Waals surface area contributed by atoms with E-state index in [4.69, 9.17) is 0 Å². The SMILES string of the molecule is CC(c1ccccc1)N(C)Cc1nc2ccccc2c(=O)[nH]1. The molecule has 0 fully saturated rings. The number of hydrogen-bond donors (Lipinski definition) is 1. The van der Waals surface area contributed by atoms with Crippen molar-refractivity contribution in [3.05, 3.63) is 76.3 Å². The summed E-state index contributed by atoms with van der Waals surface area (Å²) in [6, 6.07) is 18.0. The van der Waals surface area contributed by atoms with Gasteiger partial charge in [-0.15, -0.1) is 0 Å². The lowest BCUT2D eigenvalue weighted by atomic mass is 10.1. The molecule has 0 saturated carbocycles. The quantitative estimate of drug-likeness (QED) is 0.804. The zero-order valence-electron chi connectivity index (χ0n) is 12.8. The van der Waals surface area contributed by atoms with Gasteiger partial charge in [0.1, 0.15) is 5.82 Å². The van der Waals surface area contributed by atoms with Crippen LogP contribution in [0.3, 0.4) is 0 Å². The Bertz CT molecular complexity index is 826. The number of benzene rings is 2. The van der Waals surface area contributed by atoms with Crippen LogP contribution in [0.4, 0.5) is 0 Å². The highest BCUT2D eigenvalue weighted by atomic mass is 16.1. The van der Waals surface area contributed by atoms with E-state index in [1.807, 2.05) is 43.4 Å². The van der Waals surface area contributed by atoms with Gasteiger partial charge in [0, 0.05) is 6.04 Å². The smallest absolute Gasteiger partial charge is 0.258 e. The molecular formula is C18H19N3O. The summed E-state index contributed by atoms with van der Waals surface area (Å²) in [5, 5.41) is 0.630. The van der Waals surface area contributed by atoms with Gasteiger partial charge in [-0.25, -0.2) is 4.98 Å². The molecule has 0 saturated heterocycles. The Kier molecular flexibility index (Phi) is 4.02. The summed E-state index contributed by atoms with van der Waals surface area (Å²) in [5.41, 5.74) is 1.90. The van der Waals surface area contributed by atoms with E-state index in [0.29, 0.717) is 17.8 Å². The maximum Gasteiger partial charge on any atom is 0.258 e. The molecule has 3 rings (SSSR count). The number of nitrogens with zero attached hydrogens (tertiary/aromatic N) is 2. The van der Waals surface area contributed by atoms with Crippen molar-refractivity contribution >= 4 is 10.9 Å². The predicted molar refractivity (Wildman–Crippen MR) is 88.7 cm³/mol. The number of rotatable bonds is 4. The standard InChI is InChI=1S/C18H19N3O/c1-13(14-8-4-3-5-9-14)21(2)12-17-19-16-11-7-6-10-15(16)18(22)20-17/h3-11,13H,12H2,1-2H3,(H,19,20,22). The van der Waals surface area contributed by atoms with Gasteiger partial charge in [-0.2, -0.15) is 0 Å². The summed E-state index contributed by atoms with van der Waals surface area (Å²) in [5.74, 6) is 0.689. The average Bonchev–Trinajstić information content (AvgIpc) is 2.55. The molecule has 0 radical (unpaired) electrons. The van der Waals surface area contributed by atoms with Crippen molar-refractivity contribution in [2.45, 2.75) is 19.5 Å². The van der Waals surface area contributed by atoms with Crippen molar-refractivity contribution in [1.82, 2.24) is 14.9 Å². The van der Waals surface area contributed by atoms with Gasteiger partial charge in [-0.3, -0.25) is 9.69 Å². The molecule has 1 atom stereocenters. The van der Waals surface area contributed by atoms with Crippen molar-refractivity contribution in [2.75, 3.05) is 7.05 Å². The highest BCUT2D eigenvalue weighted by Gasteiger charge is 2.13. The molecule has 4 heteroatoms. The Labute approximate surface area is 129 Å². The van der Waals surface area contributed by atoms with Gasteiger partial charge >= 0.3 is 0 Å². The lowest BCUT2D eigenvalue weighted by molar-refractivity contribution is 0.247. The molecule has 0 spiro atoms. The molecule has 0 aliphatic heterocycles. The molecule has 3 aromatic rings. The summed E-state index contributed by atoms with van der Waals surface area (Å²) in [6.45, 7) is 2.74. The lowest BCUT2D eigenvalue weighted by Crippen LogP contribution is -2.25. The van der Waals surface area contributed by atoms with Crippen molar-refractivity contribution in [1.29, 1.82) is 0 Å². The summed E-state index contributed by atoms with van der Waals surface area (Å²) in [4.78, 5) is 21.7. The van der Waals surface area contributed by atoms with E-state index in [1.54, 1.807) is 6.07 Å². The maximum absolute atomic E-state index is 12.1. The second-order valence-corrected chi connectivity index (χ2v) is 5.53. The zero-order valence-corrected chi connectivity index (χ0v) is 12.8. The maximum atomic E-state index is 12.1. The number of para-hydroxylation sites is 1. The van der Waals surface area contributed by atoms with Crippen molar-refractivity contribution in [3.8, 4) is 0 Å². The van der Waals surface area contributed by atoms with Gasteiger partial charge < -0.3 is 4.98 Å². The van der Waals surface area contributed by atoms with Crippen LogP contribution in [0.1, 0.15) is 24.4 Å².